The Balaban J connectivity index is 1.59. The molecule has 1 N–H and O–H groups in total. The van der Waals surface area contributed by atoms with Crippen LogP contribution in [0, 0.1) is 5.92 Å². The van der Waals surface area contributed by atoms with Crippen molar-refractivity contribution in [1.82, 2.24) is 0 Å². The van der Waals surface area contributed by atoms with Gasteiger partial charge in [0.25, 0.3) is 0 Å². The average molecular weight is 402 g/mol. The molecule has 1 unspecified atom stereocenters. The van der Waals surface area contributed by atoms with Crippen molar-refractivity contribution in [3.63, 3.8) is 0 Å². The molecule has 4 heteroatoms. The molecule has 0 aliphatic rings. The lowest BCUT2D eigenvalue weighted by Gasteiger charge is -2.12. The first-order valence-electron chi connectivity index (χ1n) is 10.1. The number of ether oxygens (including phenoxy) is 1. The Kier molecular flexibility index (Phi) is 7.39. The number of Topliss-reactive ketones (excluding diaryl/α,β-unsaturated/α-hetero) is 1. The number of rotatable bonds is 10. The number of carbonyl (C=O) groups excluding carboxylic acids is 1. The van der Waals surface area contributed by atoms with E-state index in [0.717, 1.165) is 29.7 Å². The molecule has 0 amide bonds. The number of aryl methyl sites for hydroxylation is 1. The molecule has 4 nitrogen and oxygen atoms in total. The molecular formula is C26H26O4. The Morgan fingerprint density at radius 3 is 2.03 bits per heavy atom. The van der Waals surface area contributed by atoms with Crippen molar-refractivity contribution < 1.29 is 19.4 Å². The lowest BCUT2D eigenvalue weighted by atomic mass is 9.92. The lowest BCUT2D eigenvalue weighted by Crippen LogP contribution is -2.18. The molecule has 0 radical (unpaired) electrons. The van der Waals surface area contributed by atoms with Crippen molar-refractivity contribution in [1.29, 1.82) is 0 Å². The van der Waals surface area contributed by atoms with E-state index in [9.17, 15) is 14.7 Å². The summed E-state index contributed by atoms with van der Waals surface area (Å²) in [7, 11) is 1.63. The minimum atomic E-state index is -0.911. The first-order chi connectivity index (χ1) is 14.6. The second-order valence-corrected chi connectivity index (χ2v) is 7.35. The zero-order chi connectivity index (χ0) is 21.3. The molecule has 0 spiro atoms. The summed E-state index contributed by atoms with van der Waals surface area (Å²) in [6, 6.07) is 25.0. The Morgan fingerprint density at radius 2 is 1.47 bits per heavy atom. The van der Waals surface area contributed by atoms with Crippen molar-refractivity contribution in [2.75, 3.05) is 7.11 Å². The number of hydrogen-bond donors (Lipinski definition) is 1. The van der Waals surface area contributed by atoms with Crippen molar-refractivity contribution in [3.05, 3.63) is 90.0 Å². The highest BCUT2D eigenvalue weighted by molar-refractivity contribution is 5.98. The number of carboxylic acid groups (broad SMARTS) is 1. The number of hydrogen-bond acceptors (Lipinski definition) is 3. The van der Waals surface area contributed by atoms with Crippen LogP contribution in [0.25, 0.3) is 11.1 Å². The van der Waals surface area contributed by atoms with Gasteiger partial charge >= 0.3 is 5.97 Å². The molecule has 3 rings (SSSR count). The van der Waals surface area contributed by atoms with Crippen LogP contribution in [0.5, 0.6) is 5.75 Å². The summed E-state index contributed by atoms with van der Waals surface area (Å²) >= 11 is 0. The first kappa shape index (κ1) is 21.3. The Bertz CT molecular complexity index is 960. The van der Waals surface area contributed by atoms with E-state index >= 15 is 0 Å². The molecule has 0 heterocycles. The third-order valence-electron chi connectivity index (χ3n) is 5.27. The van der Waals surface area contributed by atoms with Crippen molar-refractivity contribution >= 4 is 11.8 Å². The van der Waals surface area contributed by atoms with Gasteiger partial charge in [0.05, 0.1) is 13.0 Å². The van der Waals surface area contributed by atoms with Crippen molar-refractivity contribution in [2.24, 2.45) is 5.92 Å². The van der Waals surface area contributed by atoms with Crippen LogP contribution < -0.4 is 4.74 Å². The van der Waals surface area contributed by atoms with Gasteiger partial charge in [-0.2, -0.15) is 0 Å². The number of ketones is 1. The number of aliphatic carboxylic acids is 1. The molecule has 3 aromatic carbocycles. The van der Waals surface area contributed by atoms with Crippen LogP contribution in [0.15, 0.2) is 78.9 Å². The fraction of sp³-hybridized carbons (Fsp3) is 0.231. The minimum Gasteiger partial charge on any atom is -0.497 e. The summed E-state index contributed by atoms with van der Waals surface area (Å²) in [6.07, 6.45) is 2.06. The standard InChI is InChI=1S/C26H26O4/c1-30-24-16-14-21(15-17-24)20-10-12-22(13-11-20)25(27)18-23(26(28)29)9-5-8-19-6-3-2-4-7-19/h2-4,6-7,10-17,23H,5,8-9,18H2,1H3,(H,28,29). The lowest BCUT2D eigenvalue weighted by molar-refractivity contribution is -0.141. The van der Waals surface area contributed by atoms with Gasteiger partial charge in [-0.25, -0.2) is 0 Å². The third kappa shape index (κ3) is 5.80. The molecule has 0 fully saturated rings. The van der Waals surface area contributed by atoms with Gasteiger partial charge in [0.1, 0.15) is 5.75 Å². The monoisotopic (exact) mass is 402 g/mol. The zero-order valence-electron chi connectivity index (χ0n) is 17.1. The normalized spacial score (nSPS) is 11.6. The highest BCUT2D eigenvalue weighted by atomic mass is 16.5. The van der Waals surface area contributed by atoms with Gasteiger partial charge in [-0.05, 0) is 48.1 Å². The predicted molar refractivity (Wildman–Crippen MR) is 118 cm³/mol. The number of methoxy groups -OCH3 is 1. The Labute approximate surface area is 177 Å². The minimum absolute atomic E-state index is 0.0198. The van der Waals surface area contributed by atoms with Crippen LogP contribution in [0.2, 0.25) is 0 Å². The second kappa shape index (κ2) is 10.4. The maximum absolute atomic E-state index is 12.6. The highest BCUT2D eigenvalue weighted by Gasteiger charge is 2.21. The fourth-order valence-electron chi connectivity index (χ4n) is 3.48. The second-order valence-electron chi connectivity index (χ2n) is 7.35. The third-order valence-corrected chi connectivity index (χ3v) is 5.27. The van der Waals surface area contributed by atoms with Crippen LogP contribution in [-0.2, 0) is 11.2 Å². The average Bonchev–Trinajstić information content (AvgIpc) is 2.79. The van der Waals surface area contributed by atoms with E-state index in [4.69, 9.17) is 4.74 Å². The largest absolute Gasteiger partial charge is 0.497 e. The maximum atomic E-state index is 12.6. The van der Waals surface area contributed by atoms with E-state index in [0.29, 0.717) is 12.0 Å². The molecule has 0 aliphatic carbocycles. The summed E-state index contributed by atoms with van der Waals surface area (Å²) in [4.78, 5) is 24.3. The molecular weight excluding hydrogens is 376 g/mol. The Hall–Kier alpha value is -3.40. The van der Waals surface area contributed by atoms with Gasteiger partial charge in [0.15, 0.2) is 5.78 Å². The van der Waals surface area contributed by atoms with Gasteiger partial charge in [-0.3, -0.25) is 9.59 Å². The molecule has 1 atom stereocenters. The van der Waals surface area contributed by atoms with Gasteiger partial charge in [0.2, 0.25) is 0 Å². The molecule has 0 aromatic heterocycles. The zero-order valence-corrected chi connectivity index (χ0v) is 17.1. The first-order valence-corrected chi connectivity index (χ1v) is 10.1. The van der Waals surface area contributed by atoms with E-state index in [1.165, 1.54) is 5.56 Å². The SMILES string of the molecule is COc1ccc(-c2ccc(C(=O)CC(CCCc3ccccc3)C(=O)O)cc2)cc1. The van der Waals surface area contributed by atoms with Crippen LogP contribution in [0.1, 0.15) is 35.2 Å². The fourth-order valence-corrected chi connectivity index (χ4v) is 3.48. The Morgan fingerprint density at radius 1 is 0.867 bits per heavy atom. The van der Waals surface area contributed by atoms with E-state index in [1.807, 2.05) is 66.7 Å². The number of carbonyl (C=O) groups is 2. The molecule has 0 saturated carbocycles. The van der Waals surface area contributed by atoms with Crippen LogP contribution in [0.3, 0.4) is 0 Å². The smallest absolute Gasteiger partial charge is 0.306 e. The van der Waals surface area contributed by atoms with E-state index in [-0.39, 0.29) is 12.2 Å². The van der Waals surface area contributed by atoms with E-state index < -0.39 is 11.9 Å². The molecule has 0 aliphatic heterocycles. The summed E-state index contributed by atoms with van der Waals surface area (Å²) in [6.45, 7) is 0. The van der Waals surface area contributed by atoms with Crippen LogP contribution in [0.4, 0.5) is 0 Å². The van der Waals surface area contributed by atoms with Gasteiger partial charge in [-0.1, -0.05) is 66.7 Å². The quantitative estimate of drug-likeness (QED) is 0.445. The van der Waals surface area contributed by atoms with E-state index in [2.05, 4.69) is 0 Å². The number of benzene rings is 3. The van der Waals surface area contributed by atoms with Gasteiger partial charge < -0.3 is 9.84 Å². The van der Waals surface area contributed by atoms with Crippen molar-refractivity contribution in [2.45, 2.75) is 25.7 Å². The molecule has 3 aromatic rings. The van der Waals surface area contributed by atoms with Gasteiger partial charge in [0, 0.05) is 12.0 Å². The summed E-state index contributed by atoms with van der Waals surface area (Å²) in [5.41, 5.74) is 3.75. The topological polar surface area (TPSA) is 63.6 Å². The summed E-state index contributed by atoms with van der Waals surface area (Å²) < 4.78 is 5.17. The van der Waals surface area contributed by atoms with Crippen LogP contribution >= 0.6 is 0 Å². The molecule has 30 heavy (non-hydrogen) atoms. The highest BCUT2D eigenvalue weighted by Crippen LogP contribution is 2.24. The van der Waals surface area contributed by atoms with Gasteiger partial charge in [-0.15, -0.1) is 0 Å². The predicted octanol–water partition coefficient (Wildman–Crippen LogP) is 5.66. The molecule has 154 valence electrons. The number of carboxylic acids is 1. The summed E-state index contributed by atoms with van der Waals surface area (Å²) in [5, 5.41) is 9.54. The molecule has 0 bridgehead atoms. The van der Waals surface area contributed by atoms with Crippen molar-refractivity contribution in [3.8, 4) is 16.9 Å². The van der Waals surface area contributed by atoms with E-state index in [1.54, 1.807) is 19.2 Å². The molecule has 0 saturated heterocycles. The maximum Gasteiger partial charge on any atom is 0.306 e. The summed E-state index contributed by atoms with van der Waals surface area (Å²) in [5.74, 6) is -0.922. The van der Waals surface area contributed by atoms with Crippen LogP contribution in [-0.4, -0.2) is 24.0 Å².